The van der Waals surface area contributed by atoms with Crippen LogP contribution in [0.3, 0.4) is 0 Å². The monoisotopic (exact) mass is 232 g/mol. The first-order valence-electron chi connectivity index (χ1n) is 5.39. The molecule has 1 aromatic rings. The van der Waals surface area contributed by atoms with Gasteiger partial charge in [0.25, 0.3) is 0 Å². The van der Waals surface area contributed by atoms with E-state index in [1.807, 2.05) is 11.9 Å². The summed E-state index contributed by atoms with van der Waals surface area (Å²) in [5.41, 5.74) is 13.7. The molecule has 6 nitrogen and oxygen atoms in total. The minimum Gasteiger partial charge on any atom is -0.368 e. The third kappa shape index (κ3) is 2.72. The van der Waals surface area contributed by atoms with Crippen LogP contribution in [0.4, 0.5) is 17.8 Å². The Bertz CT molecular complexity index is 470. The third-order valence-electron chi connectivity index (χ3n) is 2.54. The van der Waals surface area contributed by atoms with Crippen LogP contribution in [0.25, 0.3) is 0 Å². The molecule has 90 valence electrons. The molecule has 0 atom stereocenters. The first-order chi connectivity index (χ1) is 8.04. The lowest BCUT2D eigenvalue weighted by molar-refractivity contribution is 0.913. The van der Waals surface area contributed by atoms with Crippen molar-refractivity contribution in [3.63, 3.8) is 0 Å². The number of nitrogens with two attached hydrogens (primary N) is 2. The van der Waals surface area contributed by atoms with Crippen molar-refractivity contribution in [1.82, 2.24) is 15.0 Å². The number of anilines is 3. The van der Waals surface area contributed by atoms with Crippen LogP contribution < -0.4 is 16.4 Å². The van der Waals surface area contributed by atoms with Crippen molar-refractivity contribution >= 4 is 17.8 Å². The molecular formula is C11H16N6. The average Bonchev–Trinajstić information content (AvgIpc) is 2.62. The zero-order chi connectivity index (χ0) is 12.4. The van der Waals surface area contributed by atoms with Crippen LogP contribution >= 0.6 is 0 Å². The van der Waals surface area contributed by atoms with Crippen molar-refractivity contribution in [3.05, 3.63) is 23.3 Å². The van der Waals surface area contributed by atoms with E-state index in [1.165, 1.54) is 11.1 Å². The van der Waals surface area contributed by atoms with Gasteiger partial charge in [0.05, 0.1) is 0 Å². The molecule has 0 spiro atoms. The molecule has 1 aliphatic carbocycles. The summed E-state index contributed by atoms with van der Waals surface area (Å²) in [5, 5.41) is 0. The first-order valence-corrected chi connectivity index (χ1v) is 5.39. The lowest BCUT2D eigenvalue weighted by atomic mass is 10.2. The number of rotatable bonds is 3. The highest BCUT2D eigenvalue weighted by Crippen LogP contribution is 2.18. The van der Waals surface area contributed by atoms with Crippen LogP contribution in [0.5, 0.6) is 0 Å². The third-order valence-corrected chi connectivity index (χ3v) is 2.54. The molecule has 0 aromatic carbocycles. The van der Waals surface area contributed by atoms with Crippen molar-refractivity contribution in [1.29, 1.82) is 0 Å². The fourth-order valence-electron chi connectivity index (χ4n) is 1.75. The number of hydrogen-bond acceptors (Lipinski definition) is 6. The van der Waals surface area contributed by atoms with Gasteiger partial charge in [0, 0.05) is 13.6 Å². The Balaban J connectivity index is 2.12. The number of hydrogen-bond donors (Lipinski definition) is 2. The lowest BCUT2D eigenvalue weighted by Gasteiger charge is -2.17. The Morgan fingerprint density at radius 2 is 1.88 bits per heavy atom. The van der Waals surface area contributed by atoms with E-state index < -0.39 is 0 Å². The van der Waals surface area contributed by atoms with Gasteiger partial charge in [0.15, 0.2) is 0 Å². The van der Waals surface area contributed by atoms with Gasteiger partial charge in [-0.05, 0) is 18.9 Å². The minimum atomic E-state index is 0.145. The summed E-state index contributed by atoms with van der Waals surface area (Å²) >= 11 is 0. The van der Waals surface area contributed by atoms with Crippen LogP contribution in [-0.2, 0) is 0 Å². The van der Waals surface area contributed by atoms with E-state index in [2.05, 4.69) is 34.0 Å². The lowest BCUT2D eigenvalue weighted by Crippen LogP contribution is -2.23. The number of allylic oxidation sites excluding steroid dienone is 2. The number of nitrogens with zero attached hydrogens (tertiary/aromatic N) is 4. The van der Waals surface area contributed by atoms with Gasteiger partial charge in [-0.3, -0.25) is 0 Å². The Labute approximate surface area is 100 Å². The maximum absolute atomic E-state index is 5.53. The standard InChI is InChI=1S/C11H16N6/c1-7-3-4-8(5-7)6-17(2)11-15-9(12)14-10(13)16-11/h4-5H,3,6H2,1-2H3,(H4,12,13,14,15,16). The van der Waals surface area contributed by atoms with Crippen LogP contribution in [0.2, 0.25) is 0 Å². The molecule has 0 unspecified atom stereocenters. The maximum Gasteiger partial charge on any atom is 0.231 e. The molecule has 0 aliphatic heterocycles. The molecule has 17 heavy (non-hydrogen) atoms. The molecule has 6 heteroatoms. The van der Waals surface area contributed by atoms with Gasteiger partial charge in [-0.2, -0.15) is 15.0 Å². The maximum atomic E-state index is 5.53. The number of aromatic nitrogens is 3. The van der Waals surface area contributed by atoms with Crippen LogP contribution in [0.1, 0.15) is 13.3 Å². The highest BCUT2D eigenvalue weighted by atomic mass is 15.3. The molecule has 0 saturated carbocycles. The second kappa shape index (κ2) is 4.40. The Morgan fingerprint density at radius 1 is 1.24 bits per heavy atom. The molecule has 2 rings (SSSR count). The average molecular weight is 232 g/mol. The van der Waals surface area contributed by atoms with Gasteiger partial charge < -0.3 is 16.4 Å². The van der Waals surface area contributed by atoms with Crippen molar-refractivity contribution < 1.29 is 0 Å². The topological polar surface area (TPSA) is 94.0 Å². The van der Waals surface area contributed by atoms with E-state index >= 15 is 0 Å². The smallest absolute Gasteiger partial charge is 0.231 e. The molecular weight excluding hydrogens is 216 g/mol. The molecule has 4 N–H and O–H groups in total. The summed E-state index contributed by atoms with van der Waals surface area (Å²) in [6.07, 6.45) is 5.38. The van der Waals surface area contributed by atoms with Crippen molar-refractivity contribution in [2.24, 2.45) is 0 Å². The van der Waals surface area contributed by atoms with Crippen molar-refractivity contribution in [2.45, 2.75) is 13.3 Å². The highest BCUT2D eigenvalue weighted by molar-refractivity contribution is 5.43. The summed E-state index contributed by atoms with van der Waals surface area (Å²) < 4.78 is 0. The second-order valence-electron chi connectivity index (χ2n) is 4.18. The molecule has 1 heterocycles. The van der Waals surface area contributed by atoms with E-state index in [4.69, 9.17) is 11.5 Å². The minimum absolute atomic E-state index is 0.145. The SMILES string of the molecule is CC1=CC(CN(C)c2nc(N)nc(N)n2)=CC1. The number of nitrogen functional groups attached to an aromatic ring is 2. The van der Waals surface area contributed by atoms with E-state index in [1.54, 1.807) is 0 Å². The molecule has 1 aliphatic rings. The van der Waals surface area contributed by atoms with Crippen LogP contribution in [-0.4, -0.2) is 28.5 Å². The molecule has 0 saturated heterocycles. The Kier molecular flexibility index (Phi) is 2.95. The first kappa shape index (κ1) is 11.4. The zero-order valence-corrected chi connectivity index (χ0v) is 10.0. The summed E-state index contributed by atoms with van der Waals surface area (Å²) in [6.45, 7) is 2.85. The summed E-state index contributed by atoms with van der Waals surface area (Å²) in [6, 6.07) is 0. The molecule has 0 fully saturated rings. The fraction of sp³-hybridized carbons (Fsp3) is 0.364. The summed E-state index contributed by atoms with van der Waals surface area (Å²) in [7, 11) is 1.90. The molecule has 1 aromatic heterocycles. The summed E-state index contributed by atoms with van der Waals surface area (Å²) in [4.78, 5) is 13.7. The molecule has 0 amide bonds. The quantitative estimate of drug-likeness (QED) is 0.798. The van der Waals surface area contributed by atoms with Gasteiger partial charge in [-0.1, -0.05) is 17.7 Å². The van der Waals surface area contributed by atoms with Gasteiger partial charge in [0.2, 0.25) is 17.8 Å². The van der Waals surface area contributed by atoms with Crippen LogP contribution in [0, 0.1) is 0 Å². The Morgan fingerprint density at radius 3 is 2.41 bits per heavy atom. The van der Waals surface area contributed by atoms with Gasteiger partial charge >= 0.3 is 0 Å². The van der Waals surface area contributed by atoms with E-state index in [-0.39, 0.29) is 11.9 Å². The van der Waals surface area contributed by atoms with Gasteiger partial charge in [-0.15, -0.1) is 0 Å². The summed E-state index contributed by atoms with van der Waals surface area (Å²) in [5.74, 6) is 0.784. The van der Waals surface area contributed by atoms with E-state index in [0.717, 1.165) is 13.0 Å². The van der Waals surface area contributed by atoms with Gasteiger partial charge in [0.1, 0.15) is 0 Å². The molecule has 0 bridgehead atoms. The largest absolute Gasteiger partial charge is 0.368 e. The van der Waals surface area contributed by atoms with Crippen molar-refractivity contribution in [2.75, 3.05) is 30.0 Å². The second-order valence-corrected chi connectivity index (χ2v) is 4.18. The van der Waals surface area contributed by atoms with Crippen molar-refractivity contribution in [3.8, 4) is 0 Å². The predicted molar refractivity (Wildman–Crippen MR) is 68.4 cm³/mol. The van der Waals surface area contributed by atoms with Gasteiger partial charge in [-0.25, -0.2) is 0 Å². The predicted octanol–water partition coefficient (Wildman–Crippen LogP) is 0.749. The van der Waals surface area contributed by atoms with Crippen LogP contribution in [0.15, 0.2) is 23.3 Å². The number of likely N-dealkylation sites (N-methyl/N-ethyl adjacent to an activating group) is 1. The zero-order valence-electron chi connectivity index (χ0n) is 10.0. The fourth-order valence-corrected chi connectivity index (χ4v) is 1.75. The van der Waals surface area contributed by atoms with E-state index in [0.29, 0.717) is 5.95 Å². The normalized spacial score (nSPS) is 14.5. The molecule has 0 radical (unpaired) electrons. The van der Waals surface area contributed by atoms with E-state index in [9.17, 15) is 0 Å². The highest BCUT2D eigenvalue weighted by Gasteiger charge is 2.10. The Hall–Kier alpha value is -2.11.